The molecule has 1 nitrogen and oxygen atoms in total. The summed E-state index contributed by atoms with van der Waals surface area (Å²) < 4.78 is 2.56. The van der Waals surface area contributed by atoms with E-state index in [1.165, 1.54) is 64.7 Å². The molecule has 1 heterocycles. The molecule has 236 valence electrons. The van der Waals surface area contributed by atoms with Crippen LogP contribution in [0, 0.1) is 0 Å². The molecule has 1 aromatic heterocycles. The normalized spacial score (nSPS) is 11.2. The highest BCUT2D eigenvalue weighted by Crippen LogP contribution is 2.52. The van der Waals surface area contributed by atoms with Crippen LogP contribution >= 0.6 is 11.3 Å². The monoisotopic (exact) mass is 655 g/mol. The van der Waals surface area contributed by atoms with E-state index in [1.54, 1.807) is 0 Å². The lowest BCUT2D eigenvalue weighted by Crippen LogP contribution is -2.13. The summed E-state index contributed by atoms with van der Waals surface area (Å²) in [5, 5.41) is 2.56. The van der Waals surface area contributed by atoms with Crippen molar-refractivity contribution in [3.63, 3.8) is 0 Å². The molecule has 0 saturated carbocycles. The van der Waals surface area contributed by atoms with E-state index in [0.29, 0.717) is 0 Å². The predicted octanol–water partition coefficient (Wildman–Crippen LogP) is 14.2. The molecule has 0 aliphatic carbocycles. The number of hydrogen-bond donors (Lipinski definition) is 0. The molecule has 8 aromatic carbocycles. The van der Waals surface area contributed by atoms with E-state index in [9.17, 15) is 0 Å². The minimum Gasteiger partial charge on any atom is -0.308 e. The standard InChI is InChI=1S/C48H33NS/c1-4-18-34(19-5-1)37-24-10-11-27-41(37)47-39(36-22-8-3-9-23-36)28-16-31-44(47)49(43-30-14-12-25-38(43)35-20-6-2-7-21-35)45-32-17-29-42-40-26-13-15-33-46(40)50-48(42)45/h1-33H. The highest BCUT2D eigenvalue weighted by Gasteiger charge is 2.26. The summed E-state index contributed by atoms with van der Waals surface area (Å²) in [6, 6.07) is 72.4. The van der Waals surface area contributed by atoms with Crippen LogP contribution in [-0.2, 0) is 0 Å². The number of nitrogens with zero attached hydrogens (tertiary/aromatic N) is 1. The van der Waals surface area contributed by atoms with Crippen molar-refractivity contribution in [2.24, 2.45) is 0 Å². The number of para-hydroxylation sites is 1. The van der Waals surface area contributed by atoms with Crippen LogP contribution < -0.4 is 4.90 Å². The molecule has 0 unspecified atom stereocenters. The highest BCUT2D eigenvalue weighted by molar-refractivity contribution is 7.26. The van der Waals surface area contributed by atoms with Gasteiger partial charge >= 0.3 is 0 Å². The topological polar surface area (TPSA) is 3.24 Å². The quantitative estimate of drug-likeness (QED) is 0.165. The van der Waals surface area contributed by atoms with Crippen LogP contribution in [0.2, 0.25) is 0 Å². The Morgan fingerprint density at radius 2 is 0.760 bits per heavy atom. The first kappa shape index (κ1) is 29.9. The summed E-state index contributed by atoms with van der Waals surface area (Å²) in [6.07, 6.45) is 0. The van der Waals surface area contributed by atoms with E-state index < -0.39 is 0 Å². The Balaban J connectivity index is 1.42. The second-order valence-corrected chi connectivity index (χ2v) is 13.5. The number of rotatable bonds is 7. The third-order valence-electron chi connectivity index (χ3n) is 9.50. The first-order chi connectivity index (χ1) is 24.8. The van der Waals surface area contributed by atoms with Crippen LogP contribution in [0.25, 0.3) is 64.7 Å². The van der Waals surface area contributed by atoms with E-state index in [0.717, 1.165) is 17.1 Å². The molecular weight excluding hydrogens is 623 g/mol. The number of anilines is 3. The van der Waals surface area contributed by atoms with Gasteiger partial charge < -0.3 is 4.90 Å². The van der Waals surface area contributed by atoms with E-state index >= 15 is 0 Å². The Bertz CT molecular complexity index is 2590. The largest absolute Gasteiger partial charge is 0.308 e. The molecule has 9 rings (SSSR count). The SMILES string of the molecule is c1ccc(-c2ccccc2-c2c(-c3ccccc3)cccc2N(c2ccccc2-c2ccccc2)c2cccc3c2sc2ccccc23)cc1. The zero-order chi connectivity index (χ0) is 33.3. The molecule has 0 aliphatic rings. The molecule has 0 amide bonds. The summed E-state index contributed by atoms with van der Waals surface area (Å²) in [6.45, 7) is 0. The number of fused-ring (bicyclic) bond motifs is 3. The molecule has 0 fully saturated rings. The maximum absolute atomic E-state index is 2.52. The summed E-state index contributed by atoms with van der Waals surface area (Å²) in [5.41, 5.74) is 12.9. The van der Waals surface area contributed by atoms with Gasteiger partial charge in [-0.3, -0.25) is 0 Å². The van der Waals surface area contributed by atoms with Gasteiger partial charge in [0.25, 0.3) is 0 Å². The Hall–Kier alpha value is -6.22. The average molecular weight is 656 g/mol. The fourth-order valence-corrected chi connectivity index (χ4v) is 8.47. The molecule has 0 N–H and O–H groups in total. The van der Waals surface area contributed by atoms with E-state index in [1.807, 2.05) is 11.3 Å². The van der Waals surface area contributed by atoms with Crippen LogP contribution in [0.5, 0.6) is 0 Å². The molecule has 0 bridgehead atoms. The van der Waals surface area contributed by atoms with Gasteiger partial charge in [-0.15, -0.1) is 11.3 Å². The average Bonchev–Trinajstić information content (AvgIpc) is 3.59. The van der Waals surface area contributed by atoms with Gasteiger partial charge in [-0.1, -0.05) is 176 Å². The first-order valence-corrected chi connectivity index (χ1v) is 17.8. The van der Waals surface area contributed by atoms with Gasteiger partial charge in [-0.2, -0.15) is 0 Å². The zero-order valence-electron chi connectivity index (χ0n) is 27.4. The van der Waals surface area contributed by atoms with Crippen molar-refractivity contribution in [2.45, 2.75) is 0 Å². The Morgan fingerprint density at radius 3 is 1.48 bits per heavy atom. The lowest BCUT2D eigenvalue weighted by Gasteiger charge is -2.31. The fourth-order valence-electron chi connectivity index (χ4n) is 7.27. The summed E-state index contributed by atoms with van der Waals surface area (Å²) in [5.74, 6) is 0. The zero-order valence-corrected chi connectivity index (χ0v) is 28.2. The molecule has 0 radical (unpaired) electrons. The van der Waals surface area contributed by atoms with Crippen molar-refractivity contribution in [2.75, 3.05) is 4.90 Å². The van der Waals surface area contributed by atoms with E-state index in [2.05, 4.69) is 205 Å². The van der Waals surface area contributed by atoms with E-state index in [-0.39, 0.29) is 0 Å². The molecule has 9 aromatic rings. The summed E-state index contributed by atoms with van der Waals surface area (Å²) in [4.78, 5) is 2.52. The Kier molecular flexibility index (Phi) is 7.77. The maximum Gasteiger partial charge on any atom is 0.0640 e. The lowest BCUT2D eigenvalue weighted by molar-refractivity contribution is 1.30. The van der Waals surface area contributed by atoms with Crippen molar-refractivity contribution >= 4 is 48.6 Å². The van der Waals surface area contributed by atoms with Crippen molar-refractivity contribution in [3.05, 3.63) is 200 Å². The van der Waals surface area contributed by atoms with Gasteiger partial charge in [0.05, 0.1) is 21.8 Å². The molecule has 0 atom stereocenters. The van der Waals surface area contributed by atoms with Crippen LogP contribution in [0.15, 0.2) is 200 Å². The molecule has 50 heavy (non-hydrogen) atoms. The highest BCUT2D eigenvalue weighted by atomic mass is 32.1. The lowest BCUT2D eigenvalue weighted by atomic mass is 9.87. The fraction of sp³-hybridized carbons (Fsp3) is 0. The van der Waals surface area contributed by atoms with Crippen LogP contribution in [0.1, 0.15) is 0 Å². The van der Waals surface area contributed by atoms with Crippen LogP contribution in [0.3, 0.4) is 0 Å². The minimum atomic E-state index is 1.13. The van der Waals surface area contributed by atoms with Crippen molar-refractivity contribution in [1.29, 1.82) is 0 Å². The predicted molar refractivity (Wildman–Crippen MR) is 216 cm³/mol. The van der Waals surface area contributed by atoms with Crippen LogP contribution in [0.4, 0.5) is 17.1 Å². The van der Waals surface area contributed by atoms with Crippen molar-refractivity contribution in [3.8, 4) is 44.5 Å². The van der Waals surface area contributed by atoms with Gasteiger partial charge in [0.2, 0.25) is 0 Å². The third-order valence-corrected chi connectivity index (χ3v) is 10.7. The van der Waals surface area contributed by atoms with Gasteiger partial charge in [0, 0.05) is 26.6 Å². The van der Waals surface area contributed by atoms with Crippen LogP contribution in [-0.4, -0.2) is 0 Å². The second-order valence-electron chi connectivity index (χ2n) is 12.4. The Morgan fingerprint density at radius 1 is 0.300 bits per heavy atom. The van der Waals surface area contributed by atoms with Gasteiger partial charge in [-0.05, 0) is 57.6 Å². The third kappa shape index (κ3) is 5.27. The molecular formula is C48H33NS. The Labute approximate surface area is 297 Å². The molecule has 0 spiro atoms. The van der Waals surface area contributed by atoms with Crippen molar-refractivity contribution < 1.29 is 0 Å². The van der Waals surface area contributed by atoms with Gasteiger partial charge in [0.15, 0.2) is 0 Å². The summed E-state index contributed by atoms with van der Waals surface area (Å²) >= 11 is 1.87. The first-order valence-electron chi connectivity index (χ1n) is 17.0. The molecule has 2 heteroatoms. The smallest absolute Gasteiger partial charge is 0.0640 e. The van der Waals surface area contributed by atoms with E-state index in [4.69, 9.17) is 0 Å². The second kappa shape index (κ2) is 13.0. The number of thiophene rings is 1. The number of benzene rings is 8. The summed E-state index contributed by atoms with van der Waals surface area (Å²) in [7, 11) is 0. The van der Waals surface area contributed by atoms with Gasteiger partial charge in [0.1, 0.15) is 0 Å². The maximum atomic E-state index is 2.52. The van der Waals surface area contributed by atoms with Crippen molar-refractivity contribution in [1.82, 2.24) is 0 Å². The molecule has 0 saturated heterocycles. The molecule has 0 aliphatic heterocycles. The minimum absolute atomic E-state index is 1.13. The van der Waals surface area contributed by atoms with Gasteiger partial charge in [-0.25, -0.2) is 0 Å². The number of hydrogen-bond acceptors (Lipinski definition) is 2.